The van der Waals surface area contributed by atoms with Crippen LogP contribution in [0.15, 0.2) is 60.0 Å². The van der Waals surface area contributed by atoms with Gasteiger partial charge in [-0.2, -0.15) is 0 Å². The maximum Gasteiger partial charge on any atom is 0.229 e. The summed E-state index contributed by atoms with van der Waals surface area (Å²) >= 11 is 1.44. The van der Waals surface area contributed by atoms with E-state index in [2.05, 4.69) is 29.1 Å². The van der Waals surface area contributed by atoms with Crippen molar-refractivity contribution >= 4 is 17.2 Å². The lowest BCUT2D eigenvalue weighted by molar-refractivity contribution is -0.135. The van der Waals surface area contributed by atoms with Crippen molar-refractivity contribution in [3.05, 3.63) is 77.1 Å². The Morgan fingerprint density at radius 1 is 1.18 bits per heavy atom. The number of hydrogen-bond donors (Lipinski definition) is 0. The molecule has 2 heterocycles. The lowest BCUT2D eigenvalue weighted by Gasteiger charge is -2.40. The first kappa shape index (κ1) is 18.8. The zero-order chi connectivity index (χ0) is 19.5. The summed E-state index contributed by atoms with van der Waals surface area (Å²) in [5, 5.41) is 2.63. The van der Waals surface area contributed by atoms with Crippen LogP contribution in [0.5, 0.6) is 0 Å². The van der Waals surface area contributed by atoms with Gasteiger partial charge in [0, 0.05) is 30.6 Å². The quantitative estimate of drug-likeness (QED) is 0.670. The number of likely N-dealkylation sites (N-methyl/N-ethyl adjacent to an activating group) is 1. The van der Waals surface area contributed by atoms with E-state index in [1.165, 1.54) is 23.5 Å². The van der Waals surface area contributed by atoms with Gasteiger partial charge in [-0.05, 0) is 24.7 Å². The second kappa shape index (κ2) is 8.20. The maximum atomic E-state index is 13.5. The molecule has 0 spiro atoms. The number of hydrogen-bond acceptors (Lipinski definition) is 4. The molecule has 1 aromatic heterocycles. The van der Waals surface area contributed by atoms with Gasteiger partial charge in [-0.3, -0.25) is 4.79 Å². The van der Waals surface area contributed by atoms with Gasteiger partial charge in [-0.15, -0.1) is 11.3 Å². The van der Waals surface area contributed by atoms with Gasteiger partial charge in [0.15, 0.2) is 0 Å². The summed E-state index contributed by atoms with van der Waals surface area (Å²) in [6, 6.07) is 16.6. The fraction of sp³-hybridized carbons (Fsp3) is 0.273. The lowest BCUT2D eigenvalue weighted by Crippen LogP contribution is -2.49. The predicted molar refractivity (Wildman–Crippen MR) is 110 cm³/mol. The van der Waals surface area contributed by atoms with Crippen LogP contribution >= 0.6 is 11.3 Å². The first-order valence-electron chi connectivity index (χ1n) is 9.33. The minimum Gasteiger partial charge on any atom is -0.333 e. The van der Waals surface area contributed by atoms with Gasteiger partial charge in [-0.1, -0.05) is 42.5 Å². The van der Waals surface area contributed by atoms with Crippen LogP contribution in [0.25, 0.3) is 10.6 Å². The minimum atomic E-state index is -0.284. The Morgan fingerprint density at radius 3 is 2.79 bits per heavy atom. The molecule has 4 nitrogen and oxygen atoms in total. The summed E-state index contributed by atoms with van der Waals surface area (Å²) in [4.78, 5) is 21.9. The van der Waals surface area contributed by atoms with Crippen LogP contribution in [0.2, 0.25) is 0 Å². The SMILES string of the molecule is CN1CCN(C(=O)Cc2csc(-c3cccc(F)c3)n2)[C@H](c2ccccc2)C1. The Bertz CT molecular complexity index is 959. The number of rotatable bonds is 4. The highest BCUT2D eigenvalue weighted by atomic mass is 32.1. The number of nitrogens with zero attached hydrogens (tertiary/aromatic N) is 3. The summed E-state index contributed by atoms with van der Waals surface area (Å²) in [5.74, 6) is -0.202. The van der Waals surface area contributed by atoms with Crippen LogP contribution in [-0.4, -0.2) is 47.4 Å². The van der Waals surface area contributed by atoms with E-state index in [4.69, 9.17) is 0 Å². The Kier molecular flexibility index (Phi) is 5.50. The number of halogens is 1. The number of thiazole rings is 1. The number of aromatic nitrogens is 1. The maximum absolute atomic E-state index is 13.5. The smallest absolute Gasteiger partial charge is 0.229 e. The second-order valence-corrected chi connectivity index (χ2v) is 7.97. The lowest BCUT2D eigenvalue weighted by atomic mass is 10.0. The van der Waals surface area contributed by atoms with E-state index in [9.17, 15) is 9.18 Å². The van der Waals surface area contributed by atoms with Gasteiger partial charge in [0.2, 0.25) is 5.91 Å². The first-order valence-corrected chi connectivity index (χ1v) is 10.2. The van der Waals surface area contributed by atoms with Gasteiger partial charge in [-0.25, -0.2) is 9.37 Å². The molecular weight excluding hydrogens is 373 g/mol. The van der Waals surface area contributed by atoms with E-state index in [0.29, 0.717) is 6.54 Å². The normalized spacial score (nSPS) is 17.6. The average molecular weight is 396 g/mol. The highest BCUT2D eigenvalue weighted by molar-refractivity contribution is 7.13. The number of carbonyl (C=O) groups excluding carboxylic acids is 1. The van der Waals surface area contributed by atoms with Crippen molar-refractivity contribution in [2.75, 3.05) is 26.7 Å². The molecule has 144 valence electrons. The number of piperazine rings is 1. The molecule has 0 N–H and O–H groups in total. The standard InChI is InChI=1S/C22H22FN3OS/c1-25-10-11-26(20(14-25)16-6-3-2-4-7-16)21(27)13-19-15-28-22(24-19)17-8-5-9-18(23)12-17/h2-9,12,15,20H,10-11,13-14H2,1H3/t20-/m0/s1. The van der Waals surface area contributed by atoms with Crippen LogP contribution in [0, 0.1) is 5.82 Å². The molecule has 0 radical (unpaired) electrons. The molecule has 4 rings (SSSR count). The molecule has 6 heteroatoms. The van der Waals surface area contributed by atoms with Gasteiger partial charge < -0.3 is 9.80 Å². The monoisotopic (exact) mass is 395 g/mol. The van der Waals surface area contributed by atoms with E-state index >= 15 is 0 Å². The Balaban J connectivity index is 1.51. The van der Waals surface area contributed by atoms with Crippen molar-refractivity contribution in [1.82, 2.24) is 14.8 Å². The topological polar surface area (TPSA) is 36.4 Å². The van der Waals surface area contributed by atoms with Crippen molar-refractivity contribution in [2.24, 2.45) is 0 Å². The number of benzene rings is 2. The van der Waals surface area contributed by atoms with Crippen LogP contribution in [0.3, 0.4) is 0 Å². The Hall–Kier alpha value is -2.57. The summed E-state index contributed by atoms with van der Waals surface area (Å²) in [6.45, 7) is 2.39. The Labute approximate surface area is 168 Å². The van der Waals surface area contributed by atoms with Gasteiger partial charge in [0.25, 0.3) is 0 Å². The molecule has 1 aliphatic rings. The molecule has 0 bridgehead atoms. The molecular formula is C22H22FN3OS. The van der Waals surface area contributed by atoms with Crippen molar-refractivity contribution in [1.29, 1.82) is 0 Å². The molecule has 0 saturated carbocycles. The summed E-state index contributed by atoms with van der Waals surface area (Å²) in [6.07, 6.45) is 0.263. The van der Waals surface area contributed by atoms with Crippen LogP contribution < -0.4 is 0 Å². The molecule has 28 heavy (non-hydrogen) atoms. The molecule has 1 atom stereocenters. The summed E-state index contributed by atoms with van der Waals surface area (Å²) in [5.41, 5.74) is 2.63. The highest BCUT2D eigenvalue weighted by Crippen LogP contribution is 2.27. The third-order valence-electron chi connectivity index (χ3n) is 5.04. The molecule has 1 aliphatic heterocycles. The molecule has 3 aromatic rings. The third kappa shape index (κ3) is 4.13. The molecule has 2 aromatic carbocycles. The average Bonchev–Trinajstić information content (AvgIpc) is 3.17. The van der Waals surface area contributed by atoms with Gasteiger partial charge >= 0.3 is 0 Å². The molecule has 0 aliphatic carbocycles. The number of carbonyl (C=O) groups is 1. The fourth-order valence-corrected chi connectivity index (χ4v) is 4.39. The molecule has 0 unspecified atom stereocenters. The van der Waals surface area contributed by atoms with E-state index in [-0.39, 0.29) is 24.2 Å². The zero-order valence-corrected chi connectivity index (χ0v) is 16.5. The Morgan fingerprint density at radius 2 is 2.00 bits per heavy atom. The summed E-state index contributed by atoms with van der Waals surface area (Å²) < 4.78 is 13.5. The first-order chi connectivity index (χ1) is 13.6. The zero-order valence-electron chi connectivity index (χ0n) is 15.7. The molecule has 1 fully saturated rings. The van der Waals surface area contributed by atoms with Crippen molar-refractivity contribution < 1.29 is 9.18 Å². The van der Waals surface area contributed by atoms with E-state index in [1.807, 2.05) is 34.5 Å². The highest BCUT2D eigenvalue weighted by Gasteiger charge is 2.30. The minimum absolute atomic E-state index is 0.0498. The van der Waals surface area contributed by atoms with Crippen LogP contribution in [0.4, 0.5) is 4.39 Å². The summed E-state index contributed by atoms with van der Waals surface area (Å²) in [7, 11) is 2.09. The van der Waals surface area contributed by atoms with Gasteiger partial charge in [0.05, 0.1) is 18.2 Å². The van der Waals surface area contributed by atoms with E-state index < -0.39 is 0 Å². The molecule has 1 amide bonds. The van der Waals surface area contributed by atoms with Gasteiger partial charge in [0.1, 0.15) is 10.8 Å². The van der Waals surface area contributed by atoms with E-state index in [0.717, 1.165) is 34.9 Å². The molecule has 1 saturated heterocycles. The predicted octanol–water partition coefficient (Wildman–Crippen LogP) is 4.01. The number of amides is 1. The second-order valence-electron chi connectivity index (χ2n) is 7.11. The van der Waals surface area contributed by atoms with Crippen LogP contribution in [-0.2, 0) is 11.2 Å². The van der Waals surface area contributed by atoms with Crippen LogP contribution in [0.1, 0.15) is 17.3 Å². The van der Waals surface area contributed by atoms with Crippen molar-refractivity contribution in [3.8, 4) is 10.6 Å². The van der Waals surface area contributed by atoms with E-state index in [1.54, 1.807) is 6.07 Å². The van der Waals surface area contributed by atoms with Crippen molar-refractivity contribution in [3.63, 3.8) is 0 Å². The third-order valence-corrected chi connectivity index (χ3v) is 5.98. The fourth-order valence-electron chi connectivity index (χ4n) is 3.58. The van der Waals surface area contributed by atoms with Crippen molar-refractivity contribution in [2.45, 2.75) is 12.5 Å². The largest absolute Gasteiger partial charge is 0.333 e.